The van der Waals surface area contributed by atoms with Crippen LogP contribution in [0.5, 0.6) is 0 Å². The number of hydrogen-bond acceptors (Lipinski definition) is 2. The van der Waals surface area contributed by atoms with Gasteiger partial charge in [0, 0.05) is 0 Å². The summed E-state index contributed by atoms with van der Waals surface area (Å²) < 4.78 is 0. The van der Waals surface area contributed by atoms with E-state index in [0.29, 0.717) is 5.39 Å². The minimum atomic E-state index is -0.0874. The van der Waals surface area contributed by atoms with Crippen molar-refractivity contribution in [1.29, 1.82) is 0 Å². The summed E-state index contributed by atoms with van der Waals surface area (Å²) >= 11 is 2.15. The van der Waals surface area contributed by atoms with Gasteiger partial charge in [0.15, 0.2) is 0 Å². The summed E-state index contributed by atoms with van der Waals surface area (Å²) in [4.78, 5) is 19.5. The first-order valence-corrected chi connectivity index (χ1v) is 6.84. The summed E-state index contributed by atoms with van der Waals surface area (Å²) in [5.41, 5.74) is 0.645. The highest BCUT2D eigenvalue weighted by Crippen LogP contribution is 2.02. The van der Waals surface area contributed by atoms with Crippen molar-refractivity contribution in [2.45, 2.75) is 13.8 Å². The topological polar surface area (TPSA) is 45.8 Å². The van der Waals surface area contributed by atoms with Crippen LogP contribution < -0.4 is 5.56 Å². The van der Waals surface area contributed by atoms with Crippen LogP contribution in [-0.4, -0.2) is 14.9 Å². The van der Waals surface area contributed by atoms with E-state index in [1.165, 1.54) is 6.33 Å². The van der Waals surface area contributed by atoms with Gasteiger partial charge in [-0.3, -0.25) is 4.79 Å². The van der Waals surface area contributed by atoms with Crippen LogP contribution in [0.2, 0.25) is 0 Å². The maximum atomic E-state index is 11.1. The summed E-state index contributed by atoms with van der Waals surface area (Å²) in [5, 5.41) is 0.634. The van der Waals surface area contributed by atoms with Crippen molar-refractivity contribution in [3.63, 3.8) is 0 Å². The molecule has 0 saturated heterocycles. The average molecular weight is 318 g/mol. The summed E-state index contributed by atoms with van der Waals surface area (Å²) in [6.45, 7) is 4.00. The van der Waals surface area contributed by atoms with Gasteiger partial charge in [0.2, 0.25) is 0 Å². The molecule has 4 heteroatoms. The lowest BCUT2D eigenvalue weighted by Crippen LogP contribution is -2.05. The zero-order chi connectivity index (χ0) is 11.7. The molecule has 82 valence electrons. The van der Waals surface area contributed by atoms with Crippen molar-refractivity contribution < 1.29 is 0 Å². The fourth-order valence-electron chi connectivity index (χ4n) is 1.02. The Hall–Kier alpha value is -0.910. The third kappa shape index (κ3) is 3.99. The molecule has 3 nitrogen and oxygen atoms in total. The average Bonchev–Trinajstić information content (AvgIpc) is 2.35. The van der Waals surface area contributed by atoms with Crippen molar-refractivity contribution in [3.8, 4) is 0 Å². The molecule has 2 rings (SSSR count). The number of fused-ring (bicyclic) bond motifs is 1. The first-order valence-electron chi connectivity index (χ1n) is 4.68. The van der Waals surface area contributed by atoms with Crippen LogP contribution in [0.1, 0.15) is 13.8 Å². The van der Waals surface area contributed by atoms with E-state index < -0.39 is 0 Å². The Morgan fingerprint density at radius 3 is 2.40 bits per heavy atom. The Morgan fingerprint density at radius 2 is 1.80 bits per heavy atom. The fraction of sp³-hybridized carbons (Fsp3) is 0.273. The molecule has 2 aromatic rings. The van der Waals surface area contributed by atoms with Gasteiger partial charge in [0.25, 0.3) is 5.56 Å². The molecule has 0 aliphatic heterocycles. The molecular weight excluding hydrogens is 303 g/mol. The van der Waals surface area contributed by atoms with Crippen LogP contribution in [0.25, 0.3) is 10.9 Å². The lowest BCUT2D eigenvalue weighted by molar-refractivity contribution is 1.17. The Kier molecular flexibility index (Phi) is 7.89. The number of rotatable bonds is 0. The molecule has 0 atom stereocenters. The molecule has 1 heterocycles. The van der Waals surface area contributed by atoms with Gasteiger partial charge in [-0.15, -0.1) is 0 Å². The van der Waals surface area contributed by atoms with Crippen molar-refractivity contribution in [2.75, 3.05) is 4.93 Å². The summed E-state index contributed by atoms with van der Waals surface area (Å²) in [7, 11) is 0. The monoisotopic (exact) mass is 318 g/mol. The molecule has 0 fully saturated rings. The minimum absolute atomic E-state index is 0.0874. The first-order chi connectivity index (χ1) is 7.38. The van der Waals surface area contributed by atoms with Crippen LogP contribution in [0.4, 0.5) is 0 Å². The summed E-state index contributed by atoms with van der Waals surface area (Å²) in [5.74, 6) is 0. The number of benzene rings is 1. The van der Waals surface area contributed by atoms with Crippen LogP contribution in [0, 0.1) is 0 Å². The molecule has 0 radical (unpaired) electrons. The fourth-order valence-corrected chi connectivity index (χ4v) is 1.02. The van der Waals surface area contributed by atoms with Gasteiger partial charge in [-0.1, -0.05) is 48.6 Å². The standard InChI is InChI=1S/C8H6N2O.C2H6.CH3I/c11-8-6-3-1-2-4-7(6)9-5-10-8;2*1-2/h1-5H,(H,9,10,11);1-2H3;1H3. The quantitative estimate of drug-likeness (QED) is 0.599. The molecule has 1 aromatic heterocycles. The third-order valence-corrected chi connectivity index (χ3v) is 1.55. The molecule has 0 amide bonds. The van der Waals surface area contributed by atoms with Crippen molar-refractivity contribution >= 4 is 33.5 Å². The molecule has 0 aliphatic carbocycles. The highest BCUT2D eigenvalue weighted by atomic mass is 127. The van der Waals surface area contributed by atoms with E-state index in [9.17, 15) is 4.79 Å². The summed E-state index contributed by atoms with van der Waals surface area (Å²) in [6, 6.07) is 7.24. The molecule has 0 saturated carbocycles. The number of para-hydroxylation sites is 1. The molecule has 0 spiro atoms. The number of hydrogen-bond donors (Lipinski definition) is 1. The SMILES string of the molecule is CC.CI.O=c1[nH]cnc2ccccc12. The smallest absolute Gasteiger partial charge is 0.258 e. The van der Waals surface area contributed by atoms with Gasteiger partial charge in [0.05, 0.1) is 17.2 Å². The molecule has 0 unspecified atom stereocenters. The van der Waals surface area contributed by atoms with E-state index in [2.05, 4.69) is 32.6 Å². The second kappa shape index (κ2) is 8.40. The highest BCUT2D eigenvalue weighted by molar-refractivity contribution is 14.1. The van der Waals surface area contributed by atoms with E-state index in [1.54, 1.807) is 6.07 Å². The van der Waals surface area contributed by atoms with Crippen LogP contribution in [-0.2, 0) is 0 Å². The maximum absolute atomic E-state index is 11.1. The van der Waals surface area contributed by atoms with E-state index in [-0.39, 0.29) is 5.56 Å². The van der Waals surface area contributed by atoms with Crippen LogP contribution >= 0.6 is 22.6 Å². The Bertz CT molecular complexity index is 434. The molecular formula is C11H15IN2O. The van der Waals surface area contributed by atoms with E-state index in [1.807, 2.05) is 37.0 Å². The van der Waals surface area contributed by atoms with Crippen LogP contribution in [0.3, 0.4) is 0 Å². The molecule has 1 N–H and O–H groups in total. The van der Waals surface area contributed by atoms with Crippen LogP contribution in [0.15, 0.2) is 35.4 Å². The van der Waals surface area contributed by atoms with E-state index in [0.717, 1.165) is 5.52 Å². The van der Waals surface area contributed by atoms with Gasteiger partial charge in [-0.25, -0.2) is 4.98 Å². The Labute approximate surface area is 103 Å². The third-order valence-electron chi connectivity index (χ3n) is 1.55. The number of aromatic amines is 1. The number of nitrogens with one attached hydrogen (secondary N) is 1. The zero-order valence-corrected chi connectivity index (χ0v) is 11.3. The number of nitrogens with zero attached hydrogens (tertiary/aromatic N) is 1. The predicted molar refractivity (Wildman–Crippen MR) is 73.7 cm³/mol. The minimum Gasteiger partial charge on any atom is -0.313 e. The van der Waals surface area contributed by atoms with Gasteiger partial charge >= 0.3 is 0 Å². The van der Waals surface area contributed by atoms with Crippen molar-refractivity contribution in [1.82, 2.24) is 9.97 Å². The number of aromatic nitrogens is 2. The molecule has 0 aliphatic rings. The van der Waals surface area contributed by atoms with E-state index in [4.69, 9.17) is 0 Å². The summed E-state index contributed by atoms with van der Waals surface area (Å²) in [6.07, 6.45) is 1.41. The second-order valence-corrected chi connectivity index (χ2v) is 2.25. The van der Waals surface area contributed by atoms with Crippen molar-refractivity contribution in [2.24, 2.45) is 0 Å². The number of H-pyrrole nitrogens is 1. The lowest BCUT2D eigenvalue weighted by Gasteiger charge is -1.91. The first kappa shape index (κ1) is 14.1. The predicted octanol–water partition coefficient (Wildman–Crippen LogP) is 3.00. The van der Waals surface area contributed by atoms with Gasteiger partial charge in [-0.2, -0.15) is 0 Å². The van der Waals surface area contributed by atoms with Gasteiger partial charge in [0.1, 0.15) is 0 Å². The van der Waals surface area contributed by atoms with Gasteiger partial charge < -0.3 is 4.98 Å². The lowest BCUT2D eigenvalue weighted by atomic mass is 10.2. The normalized spacial score (nSPS) is 8.27. The maximum Gasteiger partial charge on any atom is 0.258 e. The second-order valence-electron chi connectivity index (χ2n) is 2.25. The highest BCUT2D eigenvalue weighted by Gasteiger charge is 1.94. The Morgan fingerprint density at radius 1 is 1.20 bits per heavy atom. The molecule has 15 heavy (non-hydrogen) atoms. The number of halogens is 1. The van der Waals surface area contributed by atoms with Gasteiger partial charge in [-0.05, 0) is 17.1 Å². The Balaban J connectivity index is 0.000000442. The zero-order valence-electron chi connectivity index (χ0n) is 9.12. The van der Waals surface area contributed by atoms with E-state index >= 15 is 0 Å². The molecule has 1 aromatic carbocycles. The van der Waals surface area contributed by atoms with Crippen molar-refractivity contribution in [3.05, 3.63) is 40.9 Å². The largest absolute Gasteiger partial charge is 0.313 e. The molecule has 0 bridgehead atoms. The number of alkyl halides is 1.